The van der Waals surface area contributed by atoms with Crippen LogP contribution >= 0.6 is 0 Å². The summed E-state index contributed by atoms with van der Waals surface area (Å²) in [6, 6.07) is 4.36. The Morgan fingerprint density at radius 1 is 1.50 bits per heavy atom. The van der Waals surface area contributed by atoms with E-state index in [1.54, 1.807) is 0 Å². The summed E-state index contributed by atoms with van der Waals surface area (Å²) >= 11 is 0. The largest absolute Gasteiger partial charge is 0.446 e. The minimum absolute atomic E-state index is 0.00284. The van der Waals surface area contributed by atoms with E-state index in [1.165, 1.54) is 19.2 Å². The van der Waals surface area contributed by atoms with E-state index in [0.29, 0.717) is 0 Å². The number of nitrogens with zero attached hydrogens (tertiary/aromatic N) is 1. The van der Waals surface area contributed by atoms with Crippen molar-refractivity contribution in [1.82, 2.24) is 5.32 Å². The van der Waals surface area contributed by atoms with Gasteiger partial charge in [0.05, 0.1) is 12.1 Å². The van der Waals surface area contributed by atoms with Crippen LogP contribution in [0.5, 0.6) is 0 Å². The van der Waals surface area contributed by atoms with Crippen molar-refractivity contribution in [3.8, 4) is 0 Å². The van der Waals surface area contributed by atoms with E-state index < -0.39 is 30.0 Å². The summed E-state index contributed by atoms with van der Waals surface area (Å²) in [7, 11) is 1.37. The van der Waals surface area contributed by atoms with Crippen LogP contribution in [-0.4, -0.2) is 38.5 Å². The Kier molecular flexibility index (Phi) is 4.43. The lowest BCUT2D eigenvalue weighted by atomic mass is 10.2. The van der Waals surface area contributed by atoms with Gasteiger partial charge in [-0.25, -0.2) is 9.59 Å². The van der Waals surface area contributed by atoms with Gasteiger partial charge < -0.3 is 14.8 Å². The third-order valence-corrected chi connectivity index (χ3v) is 2.96. The zero-order valence-electron chi connectivity index (χ0n) is 11.5. The standard InChI is InChI=1S/C13H13F3N2O4/c1-17-11(19)21-7-10-6-18(12(20)22-10)9-4-2-3-8(5-9)13(14,15)16/h2-5,10H,6-7H2,1H3,(H,17,19). The number of ether oxygens (including phenoxy) is 2. The van der Waals surface area contributed by atoms with Gasteiger partial charge in [0.15, 0.2) is 6.10 Å². The van der Waals surface area contributed by atoms with E-state index in [2.05, 4.69) is 5.32 Å². The number of hydrogen-bond donors (Lipinski definition) is 1. The molecule has 0 aliphatic carbocycles. The summed E-state index contributed by atoms with van der Waals surface area (Å²) in [6.45, 7) is -0.183. The molecule has 1 saturated heterocycles. The van der Waals surface area contributed by atoms with Gasteiger partial charge in [-0.3, -0.25) is 4.90 Å². The first-order valence-electron chi connectivity index (χ1n) is 6.31. The molecule has 6 nitrogen and oxygen atoms in total. The molecule has 9 heteroatoms. The predicted molar refractivity (Wildman–Crippen MR) is 69.5 cm³/mol. The summed E-state index contributed by atoms with van der Waals surface area (Å²) in [5.74, 6) is 0. The number of halogens is 3. The van der Waals surface area contributed by atoms with E-state index in [1.807, 2.05) is 0 Å². The summed E-state index contributed by atoms with van der Waals surface area (Å²) < 4.78 is 47.7. The van der Waals surface area contributed by atoms with Gasteiger partial charge in [0.2, 0.25) is 0 Å². The average molecular weight is 318 g/mol. The van der Waals surface area contributed by atoms with Crippen LogP contribution in [0.15, 0.2) is 24.3 Å². The van der Waals surface area contributed by atoms with E-state index >= 15 is 0 Å². The van der Waals surface area contributed by atoms with Gasteiger partial charge in [-0.2, -0.15) is 13.2 Å². The number of carbonyl (C=O) groups excluding carboxylic acids is 2. The quantitative estimate of drug-likeness (QED) is 0.929. The Bertz CT molecular complexity index is 577. The highest BCUT2D eigenvalue weighted by Crippen LogP contribution is 2.32. The first-order valence-corrected chi connectivity index (χ1v) is 6.31. The molecular formula is C13H13F3N2O4. The maximum atomic E-state index is 12.7. The summed E-state index contributed by atoms with van der Waals surface area (Å²) in [6.07, 6.45) is -6.71. The molecule has 1 N–H and O–H groups in total. The Labute approximate surface area is 123 Å². The first-order chi connectivity index (χ1) is 10.3. The normalized spacial score (nSPS) is 18.1. The molecule has 1 heterocycles. The Morgan fingerprint density at radius 3 is 2.86 bits per heavy atom. The molecule has 1 aromatic rings. The predicted octanol–water partition coefficient (Wildman–Crippen LogP) is 2.39. The minimum Gasteiger partial charge on any atom is -0.446 e. The molecular weight excluding hydrogens is 305 g/mol. The van der Waals surface area contributed by atoms with Crippen molar-refractivity contribution in [2.45, 2.75) is 12.3 Å². The zero-order chi connectivity index (χ0) is 16.3. The molecule has 0 bridgehead atoms. The van der Waals surface area contributed by atoms with Gasteiger partial charge in [0.25, 0.3) is 0 Å². The molecule has 1 atom stereocenters. The number of hydrogen-bond acceptors (Lipinski definition) is 4. The van der Waals surface area contributed by atoms with E-state index in [4.69, 9.17) is 9.47 Å². The number of nitrogens with one attached hydrogen (secondary N) is 1. The molecule has 120 valence electrons. The molecule has 1 aliphatic rings. The van der Waals surface area contributed by atoms with Gasteiger partial charge in [-0.15, -0.1) is 0 Å². The van der Waals surface area contributed by atoms with Crippen LogP contribution in [0.4, 0.5) is 28.4 Å². The van der Waals surface area contributed by atoms with Gasteiger partial charge in [0.1, 0.15) is 6.61 Å². The van der Waals surface area contributed by atoms with Crippen LogP contribution in [0.3, 0.4) is 0 Å². The number of carbonyl (C=O) groups is 2. The molecule has 1 fully saturated rings. The van der Waals surface area contributed by atoms with Crippen LogP contribution in [0, 0.1) is 0 Å². The topological polar surface area (TPSA) is 67.9 Å². The second-order valence-corrected chi connectivity index (χ2v) is 4.51. The molecule has 0 radical (unpaired) electrons. The first kappa shape index (κ1) is 15.9. The SMILES string of the molecule is CNC(=O)OCC1CN(c2cccc(C(F)(F)F)c2)C(=O)O1. The number of alkyl carbamates (subject to hydrolysis) is 1. The maximum absolute atomic E-state index is 12.7. The molecule has 0 saturated carbocycles. The lowest BCUT2D eigenvalue weighted by Crippen LogP contribution is -2.28. The van der Waals surface area contributed by atoms with E-state index in [0.717, 1.165) is 17.0 Å². The molecule has 1 aromatic carbocycles. The van der Waals surface area contributed by atoms with Crippen molar-refractivity contribution in [3.05, 3.63) is 29.8 Å². The fourth-order valence-electron chi connectivity index (χ4n) is 1.91. The van der Waals surface area contributed by atoms with Crippen LogP contribution in [0.1, 0.15) is 5.56 Å². The van der Waals surface area contributed by atoms with Crippen molar-refractivity contribution in [2.75, 3.05) is 25.1 Å². The third-order valence-electron chi connectivity index (χ3n) is 2.96. The van der Waals surface area contributed by atoms with Crippen molar-refractivity contribution in [2.24, 2.45) is 0 Å². The molecule has 0 spiro atoms. The third kappa shape index (κ3) is 3.60. The highest BCUT2D eigenvalue weighted by molar-refractivity contribution is 5.89. The lowest BCUT2D eigenvalue weighted by molar-refractivity contribution is -0.137. The number of cyclic esters (lactones) is 1. The van der Waals surface area contributed by atoms with Crippen molar-refractivity contribution < 1.29 is 32.2 Å². The fraction of sp³-hybridized carbons (Fsp3) is 0.385. The molecule has 2 rings (SSSR count). The van der Waals surface area contributed by atoms with E-state index in [9.17, 15) is 22.8 Å². The summed E-state index contributed by atoms with van der Waals surface area (Å²) in [4.78, 5) is 23.7. The average Bonchev–Trinajstić information content (AvgIpc) is 2.85. The van der Waals surface area contributed by atoms with Crippen molar-refractivity contribution in [1.29, 1.82) is 0 Å². The number of rotatable bonds is 3. The van der Waals surface area contributed by atoms with Crippen LogP contribution in [-0.2, 0) is 15.7 Å². The van der Waals surface area contributed by atoms with Crippen LogP contribution in [0.25, 0.3) is 0 Å². The molecule has 1 aliphatic heterocycles. The molecule has 1 unspecified atom stereocenters. The Morgan fingerprint density at radius 2 is 2.23 bits per heavy atom. The number of benzene rings is 1. The zero-order valence-corrected chi connectivity index (χ0v) is 11.5. The monoisotopic (exact) mass is 318 g/mol. The minimum atomic E-state index is -4.50. The number of alkyl halides is 3. The molecule has 22 heavy (non-hydrogen) atoms. The Hall–Kier alpha value is -2.45. The molecule has 0 aromatic heterocycles. The van der Waals surface area contributed by atoms with Gasteiger partial charge in [-0.1, -0.05) is 6.07 Å². The van der Waals surface area contributed by atoms with E-state index in [-0.39, 0.29) is 18.8 Å². The Balaban J connectivity index is 2.07. The highest BCUT2D eigenvalue weighted by Gasteiger charge is 2.35. The molecule has 2 amide bonds. The summed E-state index contributed by atoms with van der Waals surface area (Å²) in [5.41, 5.74) is -0.787. The van der Waals surface area contributed by atoms with Crippen LogP contribution in [0.2, 0.25) is 0 Å². The maximum Gasteiger partial charge on any atom is 0.416 e. The van der Waals surface area contributed by atoms with Crippen molar-refractivity contribution >= 4 is 17.9 Å². The highest BCUT2D eigenvalue weighted by atomic mass is 19.4. The van der Waals surface area contributed by atoms with Crippen molar-refractivity contribution in [3.63, 3.8) is 0 Å². The fourth-order valence-corrected chi connectivity index (χ4v) is 1.91. The van der Waals surface area contributed by atoms with Gasteiger partial charge >= 0.3 is 18.4 Å². The second kappa shape index (κ2) is 6.12. The number of anilines is 1. The smallest absolute Gasteiger partial charge is 0.416 e. The van der Waals surface area contributed by atoms with Gasteiger partial charge in [0, 0.05) is 12.7 Å². The summed E-state index contributed by atoms with van der Waals surface area (Å²) in [5, 5.41) is 2.23. The second-order valence-electron chi connectivity index (χ2n) is 4.51. The lowest BCUT2D eigenvalue weighted by Gasteiger charge is -2.15. The van der Waals surface area contributed by atoms with Crippen LogP contribution < -0.4 is 10.2 Å². The number of amides is 2. The van der Waals surface area contributed by atoms with Gasteiger partial charge in [-0.05, 0) is 18.2 Å².